The van der Waals surface area contributed by atoms with E-state index in [4.69, 9.17) is 4.74 Å². The van der Waals surface area contributed by atoms with Crippen LogP contribution in [0.5, 0.6) is 0 Å². The van der Waals surface area contributed by atoms with Crippen LogP contribution in [0, 0.1) is 6.92 Å². The summed E-state index contributed by atoms with van der Waals surface area (Å²) >= 11 is 0. The Hall–Kier alpha value is -2.90. The quantitative estimate of drug-likeness (QED) is 0.363. The van der Waals surface area contributed by atoms with E-state index in [-0.39, 0.29) is 5.92 Å². The summed E-state index contributed by atoms with van der Waals surface area (Å²) in [6, 6.07) is 28.7. The van der Waals surface area contributed by atoms with Gasteiger partial charge >= 0.3 is 0 Å². The first-order valence-corrected chi connectivity index (χ1v) is 9.48. The molecule has 0 unspecified atom stereocenters. The Labute approximate surface area is 160 Å². The molecule has 0 aromatic heterocycles. The Kier molecular flexibility index (Phi) is 3.84. The molecule has 1 aliphatic rings. The van der Waals surface area contributed by atoms with Crippen molar-refractivity contribution in [3.05, 3.63) is 107 Å². The number of benzene rings is 4. The SMILES string of the molecule is COCc1ccc2ccccc2c1[C@H]1c2ccccc2-c2cccc(C)c21. The van der Waals surface area contributed by atoms with Gasteiger partial charge in [-0.2, -0.15) is 0 Å². The van der Waals surface area contributed by atoms with Crippen LogP contribution in [0.25, 0.3) is 21.9 Å². The zero-order valence-corrected chi connectivity index (χ0v) is 15.7. The lowest BCUT2D eigenvalue weighted by Crippen LogP contribution is -2.07. The summed E-state index contributed by atoms with van der Waals surface area (Å²) in [4.78, 5) is 0. The van der Waals surface area contributed by atoms with Crippen molar-refractivity contribution in [1.82, 2.24) is 0 Å². The number of ether oxygens (including phenoxy) is 1. The van der Waals surface area contributed by atoms with Gasteiger partial charge in [0.25, 0.3) is 0 Å². The molecule has 0 N–H and O–H groups in total. The molecule has 0 amide bonds. The summed E-state index contributed by atoms with van der Waals surface area (Å²) in [7, 11) is 1.78. The Morgan fingerprint density at radius 1 is 0.741 bits per heavy atom. The third-order valence-corrected chi connectivity index (χ3v) is 5.82. The van der Waals surface area contributed by atoms with Crippen LogP contribution in [0.2, 0.25) is 0 Å². The first-order chi connectivity index (χ1) is 13.3. The van der Waals surface area contributed by atoms with E-state index in [1.807, 2.05) is 0 Å². The lowest BCUT2D eigenvalue weighted by Gasteiger charge is -2.22. The molecule has 0 radical (unpaired) electrons. The summed E-state index contributed by atoms with van der Waals surface area (Å²) in [5.41, 5.74) is 9.57. The Balaban J connectivity index is 1.90. The van der Waals surface area contributed by atoms with Gasteiger partial charge in [0.1, 0.15) is 0 Å². The van der Waals surface area contributed by atoms with E-state index < -0.39 is 0 Å². The molecule has 5 rings (SSSR count). The van der Waals surface area contributed by atoms with E-state index in [0.717, 1.165) is 0 Å². The van der Waals surface area contributed by atoms with Crippen LogP contribution >= 0.6 is 0 Å². The van der Waals surface area contributed by atoms with Crippen LogP contribution in [-0.2, 0) is 11.3 Å². The van der Waals surface area contributed by atoms with Crippen LogP contribution in [0.15, 0.2) is 78.9 Å². The average Bonchev–Trinajstić information content (AvgIpc) is 3.04. The highest BCUT2D eigenvalue weighted by Gasteiger charge is 2.33. The van der Waals surface area contributed by atoms with E-state index in [1.54, 1.807) is 7.11 Å². The maximum Gasteiger partial charge on any atom is 0.0716 e. The Bertz CT molecular complexity index is 1160. The van der Waals surface area contributed by atoms with Crippen LogP contribution < -0.4 is 0 Å². The summed E-state index contributed by atoms with van der Waals surface area (Å²) in [6.07, 6.45) is 0. The van der Waals surface area contributed by atoms with Gasteiger partial charge in [-0.3, -0.25) is 0 Å². The minimum absolute atomic E-state index is 0.244. The van der Waals surface area contributed by atoms with Crippen LogP contribution in [0.4, 0.5) is 0 Å². The predicted molar refractivity (Wildman–Crippen MR) is 112 cm³/mol. The largest absolute Gasteiger partial charge is 0.380 e. The lowest BCUT2D eigenvalue weighted by molar-refractivity contribution is 0.184. The molecule has 1 nitrogen and oxygen atoms in total. The topological polar surface area (TPSA) is 9.23 Å². The molecule has 0 bridgehead atoms. The standard InChI is InChI=1S/C26H22O/c1-17-8-7-13-22-21-11-5-6-12-23(21)26(24(17)22)25-19(16-27-2)15-14-18-9-3-4-10-20(18)25/h3-15,26H,16H2,1-2H3/t26-/m0/s1. The van der Waals surface area contributed by atoms with Gasteiger partial charge in [0.05, 0.1) is 6.61 Å². The normalized spacial score (nSPS) is 15.0. The van der Waals surface area contributed by atoms with Gasteiger partial charge in [0, 0.05) is 13.0 Å². The van der Waals surface area contributed by atoms with Gasteiger partial charge in [0.15, 0.2) is 0 Å². The van der Waals surface area contributed by atoms with Gasteiger partial charge in [-0.1, -0.05) is 78.9 Å². The lowest BCUT2D eigenvalue weighted by atomic mass is 9.82. The number of rotatable bonds is 3. The zero-order chi connectivity index (χ0) is 18.4. The third kappa shape index (κ3) is 2.43. The first kappa shape index (κ1) is 16.3. The molecule has 0 spiro atoms. The molecule has 0 saturated heterocycles. The molecule has 4 aromatic carbocycles. The van der Waals surface area contributed by atoms with Crippen molar-refractivity contribution in [2.75, 3.05) is 7.11 Å². The molecular weight excluding hydrogens is 328 g/mol. The molecule has 1 aliphatic carbocycles. The van der Waals surface area contributed by atoms with Crippen LogP contribution in [0.1, 0.15) is 33.7 Å². The minimum atomic E-state index is 0.244. The highest BCUT2D eigenvalue weighted by Crippen LogP contribution is 2.51. The van der Waals surface area contributed by atoms with Gasteiger partial charge in [-0.05, 0) is 56.6 Å². The van der Waals surface area contributed by atoms with Crippen LogP contribution in [-0.4, -0.2) is 7.11 Å². The molecule has 1 atom stereocenters. The number of fused-ring (bicyclic) bond motifs is 4. The molecule has 0 fully saturated rings. The Morgan fingerprint density at radius 2 is 1.52 bits per heavy atom. The summed E-state index contributed by atoms with van der Waals surface area (Å²) in [5, 5.41) is 2.61. The van der Waals surface area contributed by atoms with E-state index in [0.29, 0.717) is 6.61 Å². The van der Waals surface area contributed by atoms with E-state index in [1.165, 1.54) is 49.7 Å². The fourth-order valence-electron chi connectivity index (χ4n) is 4.71. The molecule has 27 heavy (non-hydrogen) atoms. The minimum Gasteiger partial charge on any atom is -0.380 e. The first-order valence-electron chi connectivity index (χ1n) is 9.48. The van der Waals surface area contributed by atoms with Crippen molar-refractivity contribution in [3.63, 3.8) is 0 Å². The van der Waals surface area contributed by atoms with Gasteiger partial charge in [-0.15, -0.1) is 0 Å². The molecular formula is C26H22O. The van der Waals surface area contributed by atoms with Gasteiger partial charge < -0.3 is 4.74 Å². The smallest absolute Gasteiger partial charge is 0.0716 e. The van der Waals surface area contributed by atoms with Crippen molar-refractivity contribution >= 4 is 10.8 Å². The maximum atomic E-state index is 5.58. The zero-order valence-electron chi connectivity index (χ0n) is 15.7. The van der Waals surface area contributed by atoms with Crippen molar-refractivity contribution in [3.8, 4) is 11.1 Å². The van der Waals surface area contributed by atoms with E-state index >= 15 is 0 Å². The monoisotopic (exact) mass is 350 g/mol. The van der Waals surface area contributed by atoms with Crippen LogP contribution in [0.3, 0.4) is 0 Å². The van der Waals surface area contributed by atoms with Crippen molar-refractivity contribution in [1.29, 1.82) is 0 Å². The second kappa shape index (κ2) is 6.37. The number of methoxy groups -OCH3 is 1. The van der Waals surface area contributed by atoms with Gasteiger partial charge in [0.2, 0.25) is 0 Å². The van der Waals surface area contributed by atoms with E-state index in [9.17, 15) is 0 Å². The maximum absolute atomic E-state index is 5.58. The highest BCUT2D eigenvalue weighted by molar-refractivity contribution is 5.91. The fraction of sp³-hybridized carbons (Fsp3) is 0.154. The highest BCUT2D eigenvalue weighted by atomic mass is 16.5. The molecule has 0 saturated carbocycles. The second-order valence-electron chi connectivity index (χ2n) is 7.35. The number of aryl methyl sites for hydroxylation is 1. The summed E-state index contributed by atoms with van der Waals surface area (Å²) in [5.74, 6) is 0.244. The van der Waals surface area contributed by atoms with Crippen molar-refractivity contribution < 1.29 is 4.74 Å². The van der Waals surface area contributed by atoms with E-state index in [2.05, 4.69) is 85.8 Å². The van der Waals surface area contributed by atoms with Gasteiger partial charge in [-0.25, -0.2) is 0 Å². The molecule has 0 aliphatic heterocycles. The Morgan fingerprint density at radius 3 is 2.41 bits per heavy atom. The summed E-state index contributed by atoms with van der Waals surface area (Å²) < 4.78 is 5.58. The third-order valence-electron chi connectivity index (χ3n) is 5.82. The summed E-state index contributed by atoms with van der Waals surface area (Å²) in [6.45, 7) is 2.86. The van der Waals surface area contributed by atoms with Crippen molar-refractivity contribution in [2.45, 2.75) is 19.4 Å². The number of hydrogen-bond donors (Lipinski definition) is 0. The predicted octanol–water partition coefficient (Wildman–Crippen LogP) is 6.46. The van der Waals surface area contributed by atoms with Crippen molar-refractivity contribution in [2.24, 2.45) is 0 Å². The number of hydrogen-bond acceptors (Lipinski definition) is 1. The molecule has 132 valence electrons. The molecule has 0 heterocycles. The average molecular weight is 350 g/mol. The fourth-order valence-corrected chi connectivity index (χ4v) is 4.71. The second-order valence-corrected chi connectivity index (χ2v) is 7.35. The molecule has 4 aromatic rings. The molecule has 1 heteroatoms.